The summed E-state index contributed by atoms with van der Waals surface area (Å²) in [6.07, 6.45) is 4.94. The molecule has 0 spiro atoms. The van der Waals surface area contributed by atoms with E-state index in [0.29, 0.717) is 11.5 Å². The lowest BCUT2D eigenvalue weighted by atomic mass is 10.2. The van der Waals surface area contributed by atoms with Crippen molar-refractivity contribution in [2.24, 2.45) is 0 Å². The molecule has 1 amide bonds. The predicted molar refractivity (Wildman–Crippen MR) is 73.4 cm³/mol. The fraction of sp³-hybridized carbons (Fsp3) is 0.615. The third-order valence-electron chi connectivity index (χ3n) is 3.18. The predicted octanol–water partition coefficient (Wildman–Crippen LogP) is 1.31. The molecule has 19 heavy (non-hydrogen) atoms. The number of hydrazine groups is 1. The van der Waals surface area contributed by atoms with Crippen LogP contribution in [0.2, 0.25) is 0 Å². The molecule has 1 fully saturated rings. The summed E-state index contributed by atoms with van der Waals surface area (Å²) in [5.74, 6) is 0.559. The van der Waals surface area contributed by atoms with E-state index in [9.17, 15) is 4.79 Å². The minimum Gasteiger partial charge on any atom is -0.396 e. The van der Waals surface area contributed by atoms with Crippen molar-refractivity contribution >= 4 is 11.6 Å². The summed E-state index contributed by atoms with van der Waals surface area (Å²) in [4.78, 5) is 20.6. The third kappa shape index (κ3) is 3.41. The van der Waals surface area contributed by atoms with Crippen LogP contribution in [0.1, 0.15) is 55.3 Å². The normalized spacial score (nSPS) is 16.6. The van der Waals surface area contributed by atoms with Gasteiger partial charge in [-0.3, -0.25) is 10.2 Å². The summed E-state index contributed by atoms with van der Waals surface area (Å²) in [7, 11) is 0. The van der Waals surface area contributed by atoms with Crippen molar-refractivity contribution in [3.8, 4) is 0 Å². The van der Waals surface area contributed by atoms with E-state index in [-0.39, 0.29) is 17.5 Å². The Labute approximate surface area is 113 Å². The van der Waals surface area contributed by atoms with E-state index < -0.39 is 0 Å². The van der Waals surface area contributed by atoms with Gasteiger partial charge in [-0.1, -0.05) is 20.3 Å². The van der Waals surface area contributed by atoms with Gasteiger partial charge in [-0.15, -0.1) is 0 Å². The Bertz CT molecular complexity index is 454. The van der Waals surface area contributed by atoms with Gasteiger partial charge in [-0.05, 0) is 12.8 Å². The van der Waals surface area contributed by atoms with Gasteiger partial charge >= 0.3 is 0 Å². The first-order valence-electron chi connectivity index (χ1n) is 6.76. The van der Waals surface area contributed by atoms with E-state index in [1.54, 1.807) is 0 Å². The van der Waals surface area contributed by atoms with Gasteiger partial charge < -0.3 is 5.73 Å². The van der Waals surface area contributed by atoms with Gasteiger partial charge in [0.1, 0.15) is 5.82 Å². The average molecular weight is 263 g/mol. The van der Waals surface area contributed by atoms with Crippen molar-refractivity contribution in [2.45, 2.75) is 39.0 Å². The second-order valence-corrected chi connectivity index (χ2v) is 5.18. The molecule has 104 valence electrons. The molecule has 3 N–H and O–H groups in total. The van der Waals surface area contributed by atoms with Crippen LogP contribution >= 0.6 is 0 Å². The molecule has 1 aliphatic rings. The second kappa shape index (κ2) is 5.97. The molecule has 0 bridgehead atoms. The maximum Gasteiger partial charge on any atom is 0.286 e. The molecule has 6 nitrogen and oxygen atoms in total. The van der Waals surface area contributed by atoms with Gasteiger partial charge in [-0.25, -0.2) is 15.0 Å². The van der Waals surface area contributed by atoms with Crippen LogP contribution in [0.5, 0.6) is 0 Å². The molecule has 1 aliphatic heterocycles. The van der Waals surface area contributed by atoms with Crippen LogP contribution < -0.4 is 11.2 Å². The Kier molecular flexibility index (Phi) is 4.31. The Morgan fingerprint density at radius 3 is 2.68 bits per heavy atom. The Hall–Kier alpha value is -1.69. The number of aromatic nitrogens is 2. The standard InChI is InChI=1S/C13H21N5O/c1-9(2)12-15-8-10(14)11(16-12)13(19)17-18-6-4-3-5-7-18/h8-9H,3-7,14H2,1-2H3,(H,17,19). The molecule has 0 aliphatic carbocycles. The number of rotatable bonds is 3. The molecule has 0 atom stereocenters. The van der Waals surface area contributed by atoms with Crippen molar-refractivity contribution < 1.29 is 4.79 Å². The smallest absolute Gasteiger partial charge is 0.286 e. The number of carbonyl (C=O) groups is 1. The monoisotopic (exact) mass is 263 g/mol. The first-order chi connectivity index (χ1) is 9.08. The Balaban J connectivity index is 2.11. The van der Waals surface area contributed by atoms with Crippen molar-refractivity contribution in [2.75, 3.05) is 18.8 Å². The molecule has 2 rings (SSSR count). The number of hydrogen-bond donors (Lipinski definition) is 2. The molecule has 1 aromatic rings. The number of carbonyl (C=O) groups excluding carboxylic acids is 1. The summed E-state index contributed by atoms with van der Waals surface area (Å²) in [5, 5.41) is 1.93. The SMILES string of the molecule is CC(C)c1ncc(N)c(C(=O)NN2CCCCC2)n1. The van der Waals surface area contributed by atoms with Crippen LogP contribution in [0.3, 0.4) is 0 Å². The van der Waals surface area contributed by atoms with Crippen LogP contribution in [-0.2, 0) is 0 Å². The van der Waals surface area contributed by atoms with Gasteiger partial charge in [0.25, 0.3) is 5.91 Å². The van der Waals surface area contributed by atoms with Crippen LogP contribution in [-0.4, -0.2) is 34.0 Å². The molecule has 0 aromatic carbocycles. The fourth-order valence-corrected chi connectivity index (χ4v) is 2.07. The summed E-state index contributed by atoms with van der Waals surface area (Å²) in [6, 6.07) is 0. The summed E-state index contributed by atoms with van der Waals surface area (Å²) in [5.41, 5.74) is 9.24. The minimum atomic E-state index is -0.247. The zero-order valence-electron chi connectivity index (χ0n) is 11.5. The number of nitrogens with one attached hydrogen (secondary N) is 1. The number of nitrogen functional groups attached to an aromatic ring is 1. The summed E-state index contributed by atoms with van der Waals surface area (Å²) in [6.45, 7) is 5.73. The zero-order chi connectivity index (χ0) is 13.8. The van der Waals surface area contributed by atoms with E-state index in [1.165, 1.54) is 12.6 Å². The van der Waals surface area contributed by atoms with E-state index in [0.717, 1.165) is 25.9 Å². The number of anilines is 1. The number of amides is 1. The zero-order valence-corrected chi connectivity index (χ0v) is 11.5. The molecule has 0 saturated carbocycles. The van der Waals surface area contributed by atoms with E-state index in [4.69, 9.17) is 5.73 Å². The molecular weight excluding hydrogens is 242 g/mol. The third-order valence-corrected chi connectivity index (χ3v) is 3.18. The molecule has 6 heteroatoms. The topological polar surface area (TPSA) is 84.1 Å². The van der Waals surface area contributed by atoms with Crippen LogP contribution in [0.25, 0.3) is 0 Å². The van der Waals surface area contributed by atoms with Crippen molar-refractivity contribution in [1.29, 1.82) is 0 Å². The highest BCUT2D eigenvalue weighted by molar-refractivity contribution is 5.96. The van der Waals surface area contributed by atoms with Crippen molar-refractivity contribution in [3.63, 3.8) is 0 Å². The van der Waals surface area contributed by atoms with Gasteiger partial charge in [0.2, 0.25) is 0 Å². The number of hydrogen-bond acceptors (Lipinski definition) is 5. The molecule has 0 unspecified atom stereocenters. The number of nitrogens with zero attached hydrogens (tertiary/aromatic N) is 3. The van der Waals surface area contributed by atoms with Crippen molar-refractivity contribution in [3.05, 3.63) is 17.7 Å². The van der Waals surface area contributed by atoms with Crippen LogP contribution in [0, 0.1) is 0 Å². The lowest BCUT2D eigenvalue weighted by Gasteiger charge is -2.26. The van der Waals surface area contributed by atoms with Gasteiger partial charge in [0, 0.05) is 19.0 Å². The summed E-state index contributed by atoms with van der Waals surface area (Å²) >= 11 is 0. The minimum absolute atomic E-state index is 0.169. The molecule has 1 saturated heterocycles. The first kappa shape index (κ1) is 13.7. The van der Waals surface area contributed by atoms with Crippen molar-refractivity contribution in [1.82, 2.24) is 20.4 Å². The summed E-state index contributed by atoms with van der Waals surface area (Å²) < 4.78 is 0. The molecule has 0 radical (unpaired) electrons. The van der Waals surface area contributed by atoms with Crippen LogP contribution in [0.4, 0.5) is 5.69 Å². The number of piperidine rings is 1. The maximum atomic E-state index is 12.2. The van der Waals surface area contributed by atoms with Crippen LogP contribution in [0.15, 0.2) is 6.20 Å². The average Bonchev–Trinajstić information content (AvgIpc) is 2.40. The maximum absolute atomic E-state index is 12.2. The highest BCUT2D eigenvalue weighted by Crippen LogP contribution is 2.14. The largest absolute Gasteiger partial charge is 0.396 e. The lowest BCUT2D eigenvalue weighted by Crippen LogP contribution is -2.45. The molecule has 2 heterocycles. The fourth-order valence-electron chi connectivity index (χ4n) is 2.07. The Morgan fingerprint density at radius 2 is 2.05 bits per heavy atom. The lowest BCUT2D eigenvalue weighted by molar-refractivity contribution is 0.0745. The van der Waals surface area contributed by atoms with E-state index >= 15 is 0 Å². The first-order valence-corrected chi connectivity index (χ1v) is 6.76. The van der Waals surface area contributed by atoms with Gasteiger partial charge in [0.15, 0.2) is 5.69 Å². The Morgan fingerprint density at radius 1 is 1.37 bits per heavy atom. The second-order valence-electron chi connectivity index (χ2n) is 5.18. The van der Waals surface area contributed by atoms with E-state index in [1.807, 2.05) is 18.9 Å². The quantitative estimate of drug-likeness (QED) is 0.859. The van der Waals surface area contributed by atoms with Gasteiger partial charge in [-0.2, -0.15) is 0 Å². The van der Waals surface area contributed by atoms with E-state index in [2.05, 4.69) is 15.4 Å². The van der Waals surface area contributed by atoms with Gasteiger partial charge in [0.05, 0.1) is 11.9 Å². The number of nitrogens with two attached hydrogens (primary N) is 1. The highest BCUT2D eigenvalue weighted by Gasteiger charge is 2.18. The molecule has 1 aromatic heterocycles. The highest BCUT2D eigenvalue weighted by atomic mass is 16.2. The molecular formula is C13H21N5O.